The zero-order chi connectivity index (χ0) is 32.8. The molecule has 1 atom stereocenters. The van der Waals surface area contributed by atoms with E-state index in [2.05, 4.69) is 0 Å². The summed E-state index contributed by atoms with van der Waals surface area (Å²) in [5.74, 6) is -1.04. The number of rotatable bonds is 11. The van der Waals surface area contributed by atoms with Crippen LogP contribution in [0, 0.1) is 0 Å². The Hall–Kier alpha value is -4.46. The maximum absolute atomic E-state index is 14.0. The number of amides is 5. The maximum Gasteiger partial charge on any atom is 0.328 e. The molecule has 0 N–H and O–H groups in total. The molecule has 1 fully saturated rings. The fourth-order valence-corrected chi connectivity index (χ4v) is 5.63. The van der Waals surface area contributed by atoms with E-state index < -0.39 is 29.1 Å². The van der Waals surface area contributed by atoms with Crippen molar-refractivity contribution in [1.29, 1.82) is 0 Å². The molecule has 3 aromatic carbocycles. The van der Waals surface area contributed by atoms with Crippen LogP contribution in [0.15, 0.2) is 91.0 Å². The van der Waals surface area contributed by atoms with E-state index >= 15 is 0 Å². The van der Waals surface area contributed by atoms with Crippen molar-refractivity contribution < 1.29 is 19.2 Å². The molecule has 0 saturated carbocycles. The van der Waals surface area contributed by atoms with Crippen molar-refractivity contribution in [3.63, 3.8) is 0 Å². The lowest BCUT2D eigenvalue weighted by atomic mass is 10.0. The van der Waals surface area contributed by atoms with Gasteiger partial charge in [-0.25, -0.2) is 4.79 Å². The Balaban J connectivity index is 1.59. The number of carbonyl (C=O) groups excluding carboxylic acids is 4. The van der Waals surface area contributed by atoms with Gasteiger partial charge in [-0.2, -0.15) is 0 Å². The summed E-state index contributed by atoms with van der Waals surface area (Å²) >= 11 is 0. The van der Waals surface area contributed by atoms with E-state index in [1.54, 1.807) is 9.80 Å². The van der Waals surface area contributed by atoms with Crippen LogP contribution in [-0.4, -0.2) is 73.6 Å². The van der Waals surface area contributed by atoms with Crippen molar-refractivity contribution in [1.82, 2.24) is 19.6 Å². The normalized spacial score (nSPS) is 15.4. The maximum atomic E-state index is 14.0. The quantitative estimate of drug-likeness (QED) is 0.253. The molecule has 8 heteroatoms. The van der Waals surface area contributed by atoms with E-state index in [0.29, 0.717) is 25.9 Å². The van der Waals surface area contributed by atoms with Crippen LogP contribution in [0.4, 0.5) is 4.79 Å². The minimum absolute atomic E-state index is 0.258. The summed E-state index contributed by atoms with van der Waals surface area (Å²) < 4.78 is 0. The molecule has 4 rings (SSSR count). The molecular formula is C37H46N4O4. The van der Waals surface area contributed by atoms with Crippen LogP contribution in [0.5, 0.6) is 0 Å². The van der Waals surface area contributed by atoms with Gasteiger partial charge in [-0.1, -0.05) is 91.0 Å². The fourth-order valence-electron chi connectivity index (χ4n) is 5.63. The third kappa shape index (κ3) is 8.59. The molecule has 1 heterocycles. The van der Waals surface area contributed by atoms with E-state index in [4.69, 9.17) is 0 Å². The zero-order valence-electron chi connectivity index (χ0n) is 27.4. The Labute approximate surface area is 267 Å². The summed E-state index contributed by atoms with van der Waals surface area (Å²) in [7, 11) is 0. The lowest BCUT2D eigenvalue weighted by molar-refractivity contribution is -0.141. The molecule has 238 valence electrons. The average Bonchev–Trinajstić information content (AvgIpc) is 3.21. The minimum Gasteiger partial charge on any atom is -0.332 e. The van der Waals surface area contributed by atoms with Gasteiger partial charge in [0.2, 0.25) is 11.8 Å². The number of hydrogen-bond acceptors (Lipinski definition) is 4. The smallest absolute Gasteiger partial charge is 0.328 e. The second-order valence-electron chi connectivity index (χ2n) is 13.6. The average molecular weight is 611 g/mol. The molecule has 1 aliphatic heterocycles. The largest absolute Gasteiger partial charge is 0.332 e. The van der Waals surface area contributed by atoms with E-state index in [9.17, 15) is 19.2 Å². The highest BCUT2D eigenvalue weighted by atomic mass is 16.2. The summed E-state index contributed by atoms with van der Waals surface area (Å²) in [5, 5.41) is 0. The van der Waals surface area contributed by atoms with Gasteiger partial charge >= 0.3 is 6.03 Å². The van der Waals surface area contributed by atoms with Crippen molar-refractivity contribution in [3.05, 3.63) is 108 Å². The monoisotopic (exact) mass is 610 g/mol. The lowest BCUT2D eigenvalue weighted by Gasteiger charge is -2.37. The Bertz CT molecular complexity index is 1460. The molecule has 0 bridgehead atoms. The minimum atomic E-state index is -0.856. The topological polar surface area (TPSA) is 81.2 Å². The first-order chi connectivity index (χ1) is 21.3. The Kier molecular flexibility index (Phi) is 10.5. The van der Waals surface area contributed by atoms with Crippen molar-refractivity contribution in [2.24, 2.45) is 0 Å². The van der Waals surface area contributed by atoms with Crippen LogP contribution in [0.2, 0.25) is 0 Å². The molecule has 0 unspecified atom stereocenters. The first kappa shape index (κ1) is 33.4. The highest BCUT2D eigenvalue weighted by molar-refractivity contribution is 6.07. The third-order valence-corrected chi connectivity index (χ3v) is 8.14. The molecule has 0 radical (unpaired) electrons. The highest BCUT2D eigenvalue weighted by Crippen LogP contribution is 2.26. The van der Waals surface area contributed by atoms with Crippen molar-refractivity contribution in [2.45, 2.75) is 84.6 Å². The van der Waals surface area contributed by atoms with Gasteiger partial charge in [-0.05, 0) is 71.1 Å². The summed E-state index contributed by atoms with van der Waals surface area (Å²) in [4.78, 5) is 61.4. The van der Waals surface area contributed by atoms with Gasteiger partial charge < -0.3 is 14.7 Å². The number of aryl methyl sites for hydroxylation is 1. The van der Waals surface area contributed by atoms with Gasteiger partial charge in [0.1, 0.15) is 19.1 Å². The Morgan fingerprint density at radius 1 is 0.622 bits per heavy atom. The number of urea groups is 1. The summed E-state index contributed by atoms with van der Waals surface area (Å²) in [6.45, 7) is 11.7. The van der Waals surface area contributed by atoms with Gasteiger partial charge in [0.05, 0.1) is 0 Å². The molecular weight excluding hydrogens is 564 g/mol. The zero-order valence-corrected chi connectivity index (χ0v) is 27.4. The van der Waals surface area contributed by atoms with E-state index in [0.717, 1.165) is 21.6 Å². The van der Waals surface area contributed by atoms with Crippen molar-refractivity contribution >= 4 is 23.8 Å². The van der Waals surface area contributed by atoms with Crippen LogP contribution in [0.3, 0.4) is 0 Å². The number of carbonyl (C=O) groups is 4. The predicted molar refractivity (Wildman–Crippen MR) is 176 cm³/mol. The summed E-state index contributed by atoms with van der Waals surface area (Å²) in [5.41, 5.74) is 1.87. The van der Waals surface area contributed by atoms with E-state index in [-0.39, 0.29) is 24.9 Å². The standard InChI is InChI=1S/C37H46N4O4/c1-36(2,3)40(24-29-18-12-8-13-19-29)32(42)26-38-31(23-22-28-16-10-7-11-17-28)34(44)39(35(38)45)27-33(43)41(37(4,5)6)25-30-20-14-9-15-21-30/h7-21,31H,22-27H2,1-6H3/t31-/m1/s1. The Morgan fingerprint density at radius 2 is 1.02 bits per heavy atom. The second-order valence-corrected chi connectivity index (χ2v) is 13.6. The van der Waals surface area contributed by atoms with Crippen LogP contribution in [-0.2, 0) is 33.9 Å². The van der Waals surface area contributed by atoms with Gasteiger partial charge in [0.25, 0.3) is 5.91 Å². The van der Waals surface area contributed by atoms with Gasteiger partial charge in [0, 0.05) is 24.2 Å². The van der Waals surface area contributed by atoms with Gasteiger partial charge in [-0.15, -0.1) is 0 Å². The van der Waals surface area contributed by atoms with Crippen LogP contribution < -0.4 is 0 Å². The molecule has 0 spiro atoms. The van der Waals surface area contributed by atoms with Crippen LogP contribution in [0.1, 0.15) is 64.7 Å². The number of imide groups is 1. The molecule has 45 heavy (non-hydrogen) atoms. The first-order valence-electron chi connectivity index (χ1n) is 15.6. The van der Waals surface area contributed by atoms with Gasteiger partial charge in [0.15, 0.2) is 0 Å². The first-order valence-corrected chi connectivity index (χ1v) is 15.6. The van der Waals surface area contributed by atoms with Crippen molar-refractivity contribution in [3.8, 4) is 0 Å². The third-order valence-electron chi connectivity index (χ3n) is 8.14. The van der Waals surface area contributed by atoms with Gasteiger partial charge in [-0.3, -0.25) is 19.3 Å². The number of nitrogens with zero attached hydrogens (tertiary/aromatic N) is 4. The molecule has 3 aromatic rings. The second kappa shape index (κ2) is 14.1. The van der Waals surface area contributed by atoms with Crippen LogP contribution in [0.25, 0.3) is 0 Å². The molecule has 1 aliphatic rings. The highest BCUT2D eigenvalue weighted by Gasteiger charge is 2.47. The molecule has 0 aromatic heterocycles. The fraction of sp³-hybridized carbons (Fsp3) is 0.405. The number of benzene rings is 3. The molecule has 1 saturated heterocycles. The number of hydrogen-bond donors (Lipinski definition) is 0. The SMILES string of the molecule is CC(C)(C)N(Cc1ccccc1)C(=O)CN1C(=O)[C@@H](CCc2ccccc2)N(CC(=O)N(Cc2ccccc2)C(C)(C)C)C1=O. The van der Waals surface area contributed by atoms with Crippen LogP contribution >= 0.6 is 0 Å². The molecule has 5 amide bonds. The molecule has 0 aliphatic carbocycles. The van der Waals surface area contributed by atoms with Crippen molar-refractivity contribution in [2.75, 3.05) is 13.1 Å². The molecule has 8 nitrogen and oxygen atoms in total. The predicted octanol–water partition coefficient (Wildman–Crippen LogP) is 5.91. The summed E-state index contributed by atoms with van der Waals surface area (Å²) in [6, 6.07) is 27.6. The lowest BCUT2D eigenvalue weighted by Crippen LogP contribution is -2.51. The summed E-state index contributed by atoms with van der Waals surface area (Å²) in [6.07, 6.45) is 0.889. The van der Waals surface area contributed by atoms with E-state index in [1.165, 1.54) is 4.90 Å². The Morgan fingerprint density at radius 3 is 1.44 bits per heavy atom. The van der Waals surface area contributed by atoms with E-state index in [1.807, 2.05) is 133 Å².